The molecule has 6 heteroatoms. The molecule has 0 saturated heterocycles. The van der Waals surface area contributed by atoms with Gasteiger partial charge in [0.05, 0.1) is 0 Å². The van der Waals surface area contributed by atoms with Gasteiger partial charge in [-0.1, -0.05) is 6.92 Å². The van der Waals surface area contributed by atoms with Crippen LogP contribution in [-0.2, 0) is 0 Å². The SMILES string of the molecule is CCCNc1nc(NC(C)CCO)c(F)cc1F. The topological polar surface area (TPSA) is 57.2 Å². The van der Waals surface area contributed by atoms with Gasteiger partial charge < -0.3 is 15.7 Å². The summed E-state index contributed by atoms with van der Waals surface area (Å²) in [4.78, 5) is 3.88. The zero-order valence-corrected chi connectivity index (χ0v) is 10.6. The number of nitrogens with one attached hydrogen (secondary N) is 2. The molecule has 0 spiro atoms. The Bertz CT molecular complexity index is 388. The molecule has 0 bridgehead atoms. The van der Waals surface area contributed by atoms with E-state index < -0.39 is 11.6 Å². The highest BCUT2D eigenvalue weighted by Crippen LogP contribution is 2.20. The number of anilines is 2. The van der Waals surface area contributed by atoms with Crippen LogP contribution < -0.4 is 10.6 Å². The predicted octanol–water partition coefficient (Wildman–Crippen LogP) is 2.36. The Labute approximate surface area is 105 Å². The van der Waals surface area contributed by atoms with E-state index in [1.165, 1.54) is 0 Å². The van der Waals surface area contributed by atoms with Crippen LogP contribution in [0.1, 0.15) is 26.7 Å². The summed E-state index contributed by atoms with van der Waals surface area (Å²) in [6.45, 7) is 4.30. The molecule has 4 nitrogen and oxygen atoms in total. The number of aliphatic hydroxyl groups is 1. The Hall–Kier alpha value is -1.43. The molecule has 0 fully saturated rings. The quantitative estimate of drug-likeness (QED) is 0.703. The van der Waals surface area contributed by atoms with Gasteiger partial charge in [0.1, 0.15) is 0 Å². The van der Waals surface area contributed by atoms with E-state index in [2.05, 4.69) is 15.6 Å². The lowest BCUT2D eigenvalue weighted by Gasteiger charge is -2.15. The lowest BCUT2D eigenvalue weighted by atomic mass is 10.2. The van der Waals surface area contributed by atoms with Crippen molar-refractivity contribution in [3.05, 3.63) is 17.7 Å². The van der Waals surface area contributed by atoms with Crippen molar-refractivity contribution in [3.63, 3.8) is 0 Å². The van der Waals surface area contributed by atoms with Gasteiger partial charge in [-0.05, 0) is 19.8 Å². The van der Waals surface area contributed by atoms with Gasteiger partial charge in [-0.15, -0.1) is 0 Å². The maximum atomic E-state index is 13.5. The first-order valence-electron chi connectivity index (χ1n) is 6.05. The first-order valence-corrected chi connectivity index (χ1v) is 6.05. The summed E-state index contributed by atoms with van der Waals surface area (Å²) in [7, 11) is 0. The Balaban J connectivity index is 2.83. The van der Waals surface area contributed by atoms with E-state index in [4.69, 9.17) is 5.11 Å². The lowest BCUT2D eigenvalue weighted by Crippen LogP contribution is -2.19. The number of hydrogen-bond donors (Lipinski definition) is 3. The lowest BCUT2D eigenvalue weighted by molar-refractivity contribution is 0.282. The van der Waals surface area contributed by atoms with E-state index in [-0.39, 0.29) is 24.3 Å². The van der Waals surface area contributed by atoms with Crippen LogP contribution in [0.5, 0.6) is 0 Å². The molecule has 1 atom stereocenters. The number of aliphatic hydroxyl groups excluding tert-OH is 1. The molecule has 1 aromatic heterocycles. The molecule has 1 rings (SSSR count). The van der Waals surface area contributed by atoms with Gasteiger partial charge in [0.2, 0.25) is 0 Å². The number of nitrogens with zero attached hydrogens (tertiary/aromatic N) is 1. The minimum atomic E-state index is -0.737. The van der Waals surface area contributed by atoms with Crippen LogP contribution in [0.3, 0.4) is 0 Å². The van der Waals surface area contributed by atoms with Crippen molar-refractivity contribution in [1.82, 2.24) is 4.98 Å². The molecule has 0 aromatic carbocycles. The second-order valence-corrected chi connectivity index (χ2v) is 4.13. The molecule has 1 aromatic rings. The van der Waals surface area contributed by atoms with Crippen LogP contribution in [-0.4, -0.2) is 29.3 Å². The van der Waals surface area contributed by atoms with Crippen molar-refractivity contribution in [3.8, 4) is 0 Å². The van der Waals surface area contributed by atoms with Crippen LogP contribution in [0.2, 0.25) is 0 Å². The average Bonchev–Trinajstić information content (AvgIpc) is 2.31. The number of aromatic nitrogens is 1. The Morgan fingerprint density at radius 1 is 1.33 bits per heavy atom. The van der Waals surface area contributed by atoms with E-state index in [0.29, 0.717) is 13.0 Å². The van der Waals surface area contributed by atoms with Crippen molar-refractivity contribution in [2.75, 3.05) is 23.8 Å². The highest BCUT2D eigenvalue weighted by molar-refractivity contribution is 5.47. The third-order valence-electron chi connectivity index (χ3n) is 2.42. The van der Waals surface area contributed by atoms with Crippen molar-refractivity contribution in [2.24, 2.45) is 0 Å². The first kappa shape index (κ1) is 14.6. The van der Waals surface area contributed by atoms with E-state index in [0.717, 1.165) is 12.5 Å². The molecule has 0 aliphatic heterocycles. The fraction of sp³-hybridized carbons (Fsp3) is 0.583. The largest absolute Gasteiger partial charge is 0.396 e. The number of rotatable bonds is 7. The third-order valence-corrected chi connectivity index (χ3v) is 2.42. The number of pyridine rings is 1. The summed E-state index contributed by atoms with van der Waals surface area (Å²) in [5.41, 5.74) is 0. The monoisotopic (exact) mass is 259 g/mol. The van der Waals surface area contributed by atoms with Crippen molar-refractivity contribution >= 4 is 11.6 Å². The maximum Gasteiger partial charge on any atom is 0.168 e. The van der Waals surface area contributed by atoms with Gasteiger partial charge >= 0.3 is 0 Å². The number of hydrogen-bond acceptors (Lipinski definition) is 4. The van der Waals surface area contributed by atoms with E-state index in [1.807, 2.05) is 6.92 Å². The fourth-order valence-corrected chi connectivity index (χ4v) is 1.43. The summed E-state index contributed by atoms with van der Waals surface area (Å²) < 4.78 is 26.9. The van der Waals surface area contributed by atoms with E-state index in [1.54, 1.807) is 6.92 Å². The molecule has 0 aliphatic carbocycles. The summed E-state index contributed by atoms with van der Waals surface area (Å²) in [6.07, 6.45) is 1.29. The van der Waals surface area contributed by atoms with Crippen LogP contribution >= 0.6 is 0 Å². The molecule has 1 heterocycles. The van der Waals surface area contributed by atoms with Crippen LogP contribution in [0, 0.1) is 11.6 Å². The molecule has 0 saturated carbocycles. The minimum absolute atomic E-state index is 0.00206. The third kappa shape index (κ3) is 4.10. The molecule has 1 unspecified atom stereocenters. The highest BCUT2D eigenvalue weighted by atomic mass is 19.1. The second kappa shape index (κ2) is 7.10. The van der Waals surface area contributed by atoms with Crippen molar-refractivity contribution < 1.29 is 13.9 Å². The Morgan fingerprint density at radius 2 is 2.00 bits per heavy atom. The summed E-state index contributed by atoms with van der Waals surface area (Å²) in [6, 6.07) is 0.667. The minimum Gasteiger partial charge on any atom is -0.396 e. The first-order chi connectivity index (χ1) is 8.58. The molecule has 102 valence electrons. The zero-order valence-electron chi connectivity index (χ0n) is 10.6. The predicted molar refractivity (Wildman–Crippen MR) is 67.7 cm³/mol. The molecule has 0 aliphatic rings. The van der Waals surface area contributed by atoms with E-state index >= 15 is 0 Å². The Kier molecular flexibility index (Phi) is 5.77. The van der Waals surface area contributed by atoms with E-state index in [9.17, 15) is 8.78 Å². The standard InChI is InChI=1S/C12H19F2N3O/c1-3-5-15-11-9(13)7-10(14)12(17-11)16-8(2)4-6-18/h7-8,18H,3-6H2,1-2H3,(H2,15,16,17). The molecule has 3 N–H and O–H groups in total. The summed E-state index contributed by atoms with van der Waals surface area (Å²) >= 11 is 0. The summed E-state index contributed by atoms with van der Waals surface area (Å²) in [5, 5.41) is 14.4. The second-order valence-electron chi connectivity index (χ2n) is 4.13. The molecular weight excluding hydrogens is 240 g/mol. The molecule has 18 heavy (non-hydrogen) atoms. The van der Waals surface area contributed by atoms with Gasteiger partial charge in [0, 0.05) is 25.3 Å². The highest BCUT2D eigenvalue weighted by Gasteiger charge is 2.13. The number of halogens is 2. The molecular formula is C12H19F2N3O. The van der Waals surface area contributed by atoms with Gasteiger partial charge in [-0.2, -0.15) is 0 Å². The van der Waals surface area contributed by atoms with Crippen molar-refractivity contribution in [1.29, 1.82) is 0 Å². The van der Waals surface area contributed by atoms with Gasteiger partial charge in [0.25, 0.3) is 0 Å². The van der Waals surface area contributed by atoms with Gasteiger partial charge in [-0.3, -0.25) is 0 Å². The Morgan fingerprint density at radius 3 is 2.61 bits per heavy atom. The average molecular weight is 259 g/mol. The van der Waals surface area contributed by atoms with Crippen LogP contribution in [0.4, 0.5) is 20.4 Å². The van der Waals surface area contributed by atoms with Crippen LogP contribution in [0.15, 0.2) is 6.07 Å². The van der Waals surface area contributed by atoms with Gasteiger partial charge in [0.15, 0.2) is 23.3 Å². The van der Waals surface area contributed by atoms with Crippen molar-refractivity contribution in [2.45, 2.75) is 32.7 Å². The normalized spacial score (nSPS) is 12.3. The maximum absolute atomic E-state index is 13.5. The van der Waals surface area contributed by atoms with Crippen LogP contribution in [0.25, 0.3) is 0 Å². The fourth-order valence-electron chi connectivity index (χ4n) is 1.43. The zero-order chi connectivity index (χ0) is 13.5. The smallest absolute Gasteiger partial charge is 0.168 e. The molecule has 0 radical (unpaired) electrons. The summed E-state index contributed by atoms with van der Waals surface area (Å²) in [5.74, 6) is -1.41. The van der Waals surface area contributed by atoms with Gasteiger partial charge in [-0.25, -0.2) is 13.8 Å². The molecule has 0 amide bonds.